The van der Waals surface area contributed by atoms with Crippen LogP contribution in [-0.2, 0) is 0 Å². The number of anilines is 1. The molecule has 18 heavy (non-hydrogen) atoms. The molecule has 2 heterocycles. The van der Waals surface area contributed by atoms with Gasteiger partial charge in [-0.3, -0.25) is 9.78 Å². The Kier molecular flexibility index (Phi) is 3.88. The molecule has 1 amide bonds. The van der Waals surface area contributed by atoms with Crippen molar-refractivity contribution < 1.29 is 4.79 Å². The smallest absolute Gasteiger partial charge is 0.269 e. The highest BCUT2D eigenvalue weighted by atomic mass is 35.5. The second kappa shape index (κ2) is 5.41. The summed E-state index contributed by atoms with van der Waals surface area (Å²) in [6.07, 6.45) is 3.07. The summed E-state index contributed by atoms with van der Waals surface area (Å²) >= 11 is 7.02. The standard InChI is InChI=1S/C11H11ClN4OS/c1-6(2)9-10(18-16-15-9)11(17)14-8-5-13-4-3-7(8)12/h3-6H,1-2H3,(H,14,17). The molecule has 0 spiro atoms. The van der Waals surface area contributed by atoms with Crippen LogP contribution >= 0.6 is 23.1 Å². The Balaban J connectivity index is 2.23. The highest BCUT2D eigenvalue weighted by Crippen LogP contribution is 2.23. The highest BCUT2D eigenvalue weighted by Gasteiger charge is 2.19. The summed E-state index contributed by atoms with van der Waals surface area (Å²) in [7, 11) is 0. The van der Waals surface area contributed by atoms with E-state index in [2.05, 4.69) is 19.9 Å². The van der Waals surface area contributed by atoms with Crippen molar-refractivity contribution in [2.24, 2.45) is 0 Å². The maximum absolute atomic E-state index is 12.1. The molecule has 0 unspecified atom stereocenters. The number of hydrogen-bond acceptors (Lipinski definition) is 5. The summed E-state index contributed by atoms with van der Waals surface area (Å²) in [5.41, 5.74) is 1.17. The van der Waals surface area contributed by atoms with E-state index < -0.39 is 0 Å². The van der Waals surface area contributed by atoms with Gasteiger partial charge in [0, 0.05) is 6.20 Å². The Morgan fingerprint density at radius 2 is 2.28 bits per heavy atom. The topological polar surface area (TPSA) is 67.8 Å². The molecule has 2 aromatic heterocycles. The van der Waals surface area contributed by atoms with Gasteiger partial charge in [0.15, 0.2) is 0 Å². The molecule has 0 aromatic carbocycles. The van der Waals surface area contributed by atoms with Crippen molar-refractivity contribution in [2.45, 2.75) is 19.8 Å². The Morgan fingerprint density at radius 1 is 1.50 bits per heavy atom. The third-order valence-electron chi connectivity index (χ3n) is 2.28. The minimum absolute atomic E-state index is 0.147. The third-order valence-corrected chi connectivity index (χ3v) is 3.35. The van der Waals surface area contributed by atoms with Gasteiger partial charge in [0.1, 0.15) is 4.88 Å². The van der Waals surface area contributed by atoms with Crippen LogP contribution in [0.5, 0.6) is 0 Å². The van der Waals surface area contributed by atoms with Crippen LogP contribution in [0.1, 0.15) is 35.1 Å². The van der Waals surface area contributed by atoms with Gasteiger partial charge in [-0.1, -0.05) is 29.9 Å². The van der Waals surface area contributed by atoms with Crippen molar-refractivity contribution >= 4 is 34.7 Å². The van der Waals surface area contributed by atoms with Crippen molar-refractivity contribution in [1.29, 1.82) is 0 Å². The molecule has 0 aliphatic rings. The lowest BCUT2D eigenvalue weighted by molar-refractivity contribution is 0.102. The SMILES string of the molecule is CC(C)c1nnsc1C(=O)Nc1cnccc1Cl. The summed E-state index contributed by atoms with van der Waals surface area (Å²) in [5.74, 6) is -0.113. The lowest BCUT2D eigenvalue weighted by Gasteiger charge is -2.06. The number of carbonyl (C=O) groups is 1. The second-order valence-corrected chi connectivity index (χ2v) is 5.11. The van der Waals surface area contributed by atoms with Crippen LogP contribution in [0.25, 0.3) is 0 Å². The van der Waals surface area contributed by atoms with Gasteiger partial charge >= 0.3 is 0 Å². The minimum Gasteiger partial charge on any atom is -0.319 e. The molecular weight excluding hydrogens is 272 g/mol. The molecule has 2 rings (SSSR count). The zero-order valence-electron chi connectivity index (χ0n) is 9.85. The summed E-state index contributed by atoms with van der Waals surface area (Å²) in [4.78, 5) is 16.5. The normalized spacial score (nSPS) is 10.7. The fourth-order valence-electron chi connectivity index (χ4n) is 1.38. The van der Waals surface area contributed by atoms with Crippen LogP contribution in [0.2, 0.25) is 5.02 Å². The van der Waals surface area contributed by atoms with Gasteiger partial charge in [-0.2, -0.15) is 0 Å². The van der Waals surface area contributed by atoms with Gasteiger partial charge < -0.3 is 5.32 Å². The van der Waals surface area contributed by atoms with Gasteiger partial charge in [0.25, 0.3) is 5.91 Å². The molecule has 0 aliphatic carbocycles. The molecule has 94 valence electrons. The van der Waals surface area contributed by atoms with E-state index in [0.717, 1.165) is 11.5 Å². The number of pyridine rings is 1. The number of rotatable bonds is 3. The van der Waals surface area contributed by atoms with Crippen LogP contribution in [0.3, 0.4) is 0 Å². The predicted molar refractivity (Wildman–Crippen MR) is 71.2 cm³/mol. The minimum atomic E-state index is -0.261. The monoisotopic (exact) mass is 282 g/mol. The highest BCUT2D eigenvalue weighted by molar-refractivity contribution is 7.08. The van der Waals surface area contributed by atoms with Crippen molar-refractivity contribution in [3.05, 3.63) is 34.1 Å². The largest absolute Gasteiger partial charge is 0.319 e. The molecule has 7 heteroatoms. The van der Waals surface area contributed by atoms with Crippen LogP contribution < -0.4 is 5.32 Å². The molecule has 1 N–H and O–H groups in total. The number of carbonyl (C=O) groups excluding carboxylic acids is 1. The summed E-state index contributed by atoms with van der Waals surface area (Å²) in [6.45, 7) is 3.93. The first-order valence-electron chi connectivity index (χ1n) is 5.32. The average molecular weight is 283 g/mol. The molecule has 2 aromatic rings. The van der Waals surface area contributed by atoms with Gasteiger partial charge in [-0.05, 0) is 23.5 Å². The second-order valence-electron chi connectivity index (χ2n) is 3.95. The number of nitrogens with zero attached hydrogens (tertiary/aromatic N) is 3. The first-order valence-corrected chi connectivity index (χ1v) is 6.48. The van der Waals surface area contributed by atoms with Crippen molar-refractivity contribution in [3.63, 3.8) is 0 Å². The van der Waals surface area contributed by atoms with E-state index in [1.165, 1.54) is 6.20 Å². The first kappa shape index (κ1) is 12.9. The van der Waals surface area contributed by atoms with Gasteiger partial charge in [-0.15, -0.1) is 5.10 Å². The molecule has 0 radical (unpaired) electrons. The Labute approximate surface area is 113 Å². The Bertz CT molecular complexity index is 570. The van der Waals surface area contributed by atoms with E-state index >= 15 is 0 Å². The number of hydrogen-bond donors (Lipinski definition) is 1. The fraction of sp³-hybridized carbons (Fsp3) is 0.273. The maximum Gasteiger partial charge on any atom is 0.269 e. The number of aromatic nitrogens is 3. The zero-order valence-corrected chi connectivity index (χ0v) is 11.4. The Hall–Kier alpha value is -1.53. The van der Waals surface area contributed by atoms with E-state index in [4.69, 9.17) is 11.6 Å². The van der Waals surface area contributed by atoms with E-state index in [9.17, 15) is 4.79 Å². The third kappa shape index (κ3) is 2.65. The first-order chi connectivity index (χ1) is 8.59. The zero-order chi connectivity index (χ0) is 13.1. The molecule has 0 saturated carbocycles. The summed E-state index contributed by atoms with van der Waals surface area (Å²) < 4.78 is 3.81. The molecule has 0 fully saturated rings. The van der Waals surface area contributed by atoms with E-state index in [1.54, 1.807) is 12.3 Å². The predicted octanol–water partition coefficient (Wildman–Crippen LogP) is 2.96. The summed E-state index contributed by atoms with van der Waals surface area (Å²) in [6, 6.07) is 1.62. The Morgan fingerprint density at radius 3 is 2.94 bits per heavy atom. The maximum atomic E-state index is 12.1. The van der Waals surface area contributed by atoms with Crippen LogP contribution in [0, 0.1) is 0 Å². The lowest BCUT2D eigenvalue weighted by Crippen LogP contribution is -2.13. The van der Waals surface area contributed by atoms with Crippen molar-refractivity contribution in [3.8, 4) is 0 Å². The summed E-state index contributed by atoms with van der Waals surface area (Å²) in [5, 5.41) is 7.11. The fourth-order valence-corrected chi connectivity index (χ4v) is 2.25. The molecular formula is C11H11ClN4OS. The van der Waals surface area contributed by atoms with E-state index in [-0.39, 0.29) is 11.8 Å². The van der Waals surface area contributed by atoms with Gasteiger partial charge in [0.2, 0.25) is 0 Å². The van der Waals surface area contributed by atoms with Crippen LogP contribution in [0.4, 0.5) is 5.69 Å². The quantitative estimate of drug-likeness (QED) is 0.940. The van der Waals surface area contributed by atoms with Crippen molar-refractivity contribution in [1.82, 2.24) is 14.6 Å². The van der Waals surface area contributed by atoms with Crippen LogP contribution in [0.15, 0.2) is 18.5 Å². The number of amides is 1. The molecule has 5 nitrogen and oxygen atoms in total. The van der Waals surface area contributed by atoms with Gasteiger partial charge in [0.05, 0.1) is 22.6 Å². The lowest BCUT2D eigenvalue weighted by atomic mass is 10.1. The molecule has 0 bridgehead atoms. The molecule has 0 atom stereocenters. The van der Waals surface area contributed by atoms with Crippen LogP contribution in [-0.4, -0.2) is 20.5 Å². The number of halogens is 1. The number of nitrogens with one attached hydrogen (secondary N) is 1. The average Bonchev–Trinajstić information content (AvgIpc) is 2.81. The van der Waals surface area contributed by atoms with Crippen molar-refractivity contribution in [2.75, 3.05) is 5.32 Å². The van der Waals surface area contributed by atoms with E-state index in [1.807, 2.05) is 13.8 Å². The molecule has 0 saturated heterocycles. The molecule has 0 aliphatic heterocycles. The van der Waals surface area contributed by atoms with E-state index in [0.29, 0.717) is 21.3 Å². The van der Waals surface area contributed by atoms with Gasteiger partial charge in [-0.25, -0.2) is 0 Å².